The molecule has 0 atom stereocenters. The van der Waals surface area contributed by atoms with Crippen molar-refractivity contribution >= 4 is 10.0 Å². The molecular weight excluding hydrogens is 288 g/mol. The highest BCUT2D eigenvalue weighted by Crippen LogP contribution is 2.09. The van der Waals surface area contributed by atoms with Gasteiger partial charge in [0.2, 0.25) is 0 Å². The van der Waals surface area contributed by atoms with E-state index < -0.39 is 10.0 Å². The molecule has 0 radical (unpaired) electrons. The monoisotopic (exact) mass is 306 g/mol. The third-order valence-corrected chi connectivity index (χ3v) is 4.58. The molecule has 0 saturated heterocycles. The lowest BCUT2D eigenvalue weighted by Gasteiger charge is -2.08. The average molecular weight is 306 g/mol. The van der Waals surface area contributed by atoms with Gasteiger partial charge >= 0.3 is 0 Å². The molecule has 0 amide bonds. The van der Waals surface area contributed by atoms with Gasteiger partial charge in [-0.15, -0.1) is 0 Å². The highest BCUT2D eigenvalue weighted by Gasteiger charge is 2.14. The zero-order valence-electron chi connectivity index (χ0n) is 11.8. The summed E-state index contributed by atoms with van der Waals surface area (Å²) >= 11 is 0. The maximum Gasteiger partial charge on any atom is 0.258 e. The van der Waals surface area contributed by atoms with Crippen molar-refractivity contribution in [2.75, 3.05) is 6.54 Å². The van der Waals surface area contributed by atoms with Crippen molar-refractivity contribution in [1.82, 2.24) is 9.71 Å². The number of aliphatic hydroxyl groups is 1. The van der Waals surface area contributed by atoms with E-state index in [0.717, 1.165) is 11.1 Å². The highest BCUT2D eigenvalue weighted by molar-refractivity contribution is 7.89. The summed E-state index contributed by atoms with van der Waals surface area (Å²) in [6.45, 7) is 2.16. The summed E-state index contributed by atoms with van der Waals surface area (Å²) in [5, 5.41) is 8.88. The molecule has 0 unspecified atom stereocenters. The minimum Gasteiger partial charge on any atom is -0.392 e. The van der Waals surface area contributed by atoms with Crippen molar-refractivity contribution in [2.45, 2.75) is 25.0 Å². The predicted octanol–water partition coefficient (Wildman–Crippen LogP) is 1.40. The molecule has 0 spiro atoms. The Bertz CT molecular complexity index is 697. The van der Waals surface area contributed by atoms with Gasteiger partial charge in [0.15, 0.2) is 5.03 Å². The Hall–Kier alpha value is -1.76. The molecule has 0 bridgehead atoms. The Morgan fingerprint density at radius 3 is 2.57 bits per heavy atom. The van der Waals surface area contributed by atoms with E-state index in [2.05, 4.69) is 9.71 Å². The second kappa shape index (κ2) is 6.80. The van der Waals surface area contributed by atoms with Gasteiger partial charge in [-0.25, -0.2) is 18.1 Å². The molecule has 0 fully saturated rings. The van der Waals surface area contributed by atoms with Crippen LogP contribution in [0.3, 0.4) is 0 Å². The lowest BCUT2D eigenvalue weighted by atomic mass is 10.1. The van der Waals surface area contributed by atoms with Crippen molar-refractivity contribution in [3.05, 3.63) is 59.3 Å². The van der Waals surface area contributed by atoms with E-state index in [0.29, 0.717) is 18.5 Å². The van der Waals surface area contributed by atoms with Gasteiger partial charge in [0.05, 0.1) is 6.61 Å². The maximum atomic E-state index is 12.1. The van der Waals surface area contributed by atoms with Gasteiger partial charge < -0.3 is 5.11 Å². The first-order valence-corrected chi connectivity index (χ1v) is 8.11. The van der Waals surface area contributed by atoms with E-state index >= 15 is 0 Å². The summed E-state index contributed by atoms with van der Waals surface area (Å²) in [5.74, 6) is 0. The van der Waals surface area contributed by atoms with Crippen molar-refractivity contribution in [1.29, 1.82) is 0 Å². The molecule has 1 heterocycles. The largest absolute Gasteiger partial charge is 0.392 e. The Kier molecular flexibility index (Phi) is 5.06. The van der Waals surface area contributed by atoms with Gasteiger partial charge in [-0.1, -0.05) is 30.3 Å². The molecule has 0 aliphatic heterocycles. The summed E-state index contributed by atoms with van der Waals surface area (Å²) in [4.78, 5) is 3.85. The number of pyridine rings is 1. The highest BCUT2D eigenvalue weighted by atomic mass is 32.2. The van der Waals surface area contributed by atoms with Crippen molar-refractivity contribution in [3.63, 3.8) is 0 Å². The molecule has 6 heteroatoms. The normalized spacial score (nSPS) is 11.5. The van der Waals surface area contributed by atoms with Crippen LogP contribution in [0.1, 0.15) is 16.7 Å². The fourth-order valence-corrected chi connectivity index (χ4v) is 2.91. The molecule has 112 valence electrons. The smallest absolute Gasteiger partial charge is 0.258 e. The van der Waals surface area contributed by atoms with Crippen molar-refractivity contribution < 1.29 is 13.5 Å². The summed E-state index contributed by atoms with van der Waals surface area (Å²) < 4.78 is 26.7. The van der Waals surface area contributed by atoms with Gasteiger partial charge in [0.1, 0.15) is 0 Å². The summed E-state index contributed by atoms with van der Waals surface area (Å²) in [7, 11) is -3.61. The number of nitrogens with zero attached hydrogens (tertiary/aromatic N) is 1. The molecule has 1 aromatic carbocycles. The Morgan fingerprint density at radius 1 is 1.19 bits per heavy atom. The molecule has 0 aliphatic rings. The van der Waals surface area contributed by atoms with Gasteiger partial charge in [-0.2, -0.15) is 0 Å². The van der Waals surface area contributed by atoms with Gasteiger partial charge in [-0.05, 0) is 36.1 Å². The number of aromatic nitrogens is 1. The van der Waals surface area contributed by atoms with E-state index in [1.54, 1.807) is 6.07 Å². The number of sulfonamides is 1. The van der Waals surface area contributed by atoms with E-state index in [1.165, 1.54) is 12.3 Å². The molecule has 21 heavy (non-hydrogen) atoms. The first-order chi connectivity index (χ1) is 10.0. The SMILES string of the molecule is Cc1ccccc1CCNS(=O)(=O)c1ccc(CO)cn1. The van der Waals surface area contributed by atoms with E-state index in [4.69, 9.17) is 5.11 Å². The number of benzene rings is 1. The third kappa shape index (κ3) is 4.10. The summed E-state index contributed by atoms with van der Waals surface area (Å²) in [6, 6.07) is 10.8. The minimum absolute atomic E-state index is 0.0375. The van der Waals surface area contributed by atoms with E-state index in [9.17, 15) is 8.42 Å². The van der Waals surface area contributed by atoms with Crippen LogP contribution in [0.25, 0.3) is 0 Å². The first kappa shape index (κ1) is 15.6. The number of nitrogens with one attached hydrogen (secondary N) is 1. The van der Waals surface area contributed by atoms with Crippen LogP contribution < -0.4 is 4.72 Å². The van der Waals surface area contributed by atoms with E-state index in [1.807, 2.05) is 31.2 Å². The second-order valence-corrected chi connectivity index (χ2v) is 6.45. The second-order valence-electron chi connectivity index (χ2n) is 4.74. The van der Waals surface area contributed by atoms with Crippen LogP contribution in [-0.2, 0) is 23.1 Å². The fraction of sp³-hybridized carbons (Fsp3) is 0.267. The number of rotatable bonds is 6. The number of hydrogen-bond acceptors (Lipinski definition) is 4. The first-order valence-electron chi connectivity index (χ1n) is 6.63. The molecule has 2 rings (SSSR count). The van der Waals surface area contributed by atoms with Crippen LogP contribution in [0.15, 0.2) is 47.6 Å². The number of hydrogen-bond donors (Lipinski definition) is 2. The van der Waals surface area contributed by atoms with Crippen LogP contribution in [-0.4, -0.2) is 25.1 Å². The van der Waals surface area contributed by atoms with Crippen LogP contribution in [0.2, 0.25) is 0 Å². The van der Waals surface area contributed by atoms with Gasteiger partial charge in [0.25, 0.3) is 10.0 Å². The van der Waals surface area contributed by atoms with E-state index in [-0.39, 0.29) is 11.6 Å². The fourth-order valence-electron chi connectivity index (χ4n) is 1.95. The molecular formula is C15H18N2O3S. The number of aryl methyl sites for hydroxylation is 1. The molecule has 2 aromatic rings. The zero-order valence-corrected chi connectivity index (χ0v) is 12.6. The summed E-state index contributed by atoms with van der Waals surface area (Å²) in [6.07, 6.45) is 1.98. The van der Waals surface area contributed by atoms with Crippen LogP contribution in [0, 0.1) is 6.92 Å². The lowest BCUT2D eigenvalue weighted by Crippen LogP contribution is -2.27. The van der Waals surface area contributed by atoms with Crippen LogP contribution in [0.4, 0.5) is 0 Å². The molecule has 2 N–H and O–H groups in total. The molecule has 0 aliphatic carbocycles. The molecule has 1 aromatic heterocycles. The Morgan fingerprint density at radius 2 is 1.95 bits per heavy atom. The predicted molar refractivity (Wildman–Crippen MR) is 80.2 cm³/mol. The lowest BCUT2D eigenvalue weighted by molar-refractivity contribution is 0.281. The Labute approximate surface area is 124 Å². The van der Waals surface area contributed by atoms with Crippen molar-refractivity contribution in [3.8, 4) is 0 Å². The molecule has 5 nitrogen and oxygen atoms in total. The van der Waals surface area contributed by atoms with Crippen molar-refractivity contribution in [2.24, 2.45) is 0 Å². The van der Waals surface area contributed by atoms with Crippen LogP contribution >= 0.6 is 0 Å². The molecule has 0 saturated carbocycles. The van der Waals surface area contributed by atoms with Gasteiger partial charge in [0, 0.05) is 12.7 Å². The third-order valence-electron chi connectivity index (χ3n) is 3.20. The average Bonchev–Trinajstić information content (AvgIpc) is 2.49. The quantitative estimate of drug-likeness (QED) is 0.845. The van der Waals surface area contributed by atoms with Crippen LogP contribution in [0.5, 0.6) is 0 Å². The summed E-state index contributed by atoms with van der Waals surface area (Å²) in [5.41, 5.74) is 2.83. The minimum atomic E-state index is -3.61. The maximum absolute atomic E-state index is 12.1. The topological polar surface area (TPSA) is 79.3 Å². The Balaban J connectivity index is 1.99. The van der Waals surface area contributed by atoms with Gasteiger partial charge in [-0.3, -0.25) is 0 Å². The zero-order chi connectivity index (χ0) is 15.3. The number of aliphatic hydroxyl groups excluding tert-OH is 1. The standard InChI is InChI=1S/C15H18N2O3S/c1-12-4-2-3-5-14(12)8-9-17-21(19,20)15-7-6-13(11-18)10-16-15/h2-7,10,17-18H,8-9,11H2,1H3.